The molecular formula is C19H22N2O3. The lowest BCUT2D eigenvalue weighted by Gasteiger charge is -2.33. The molecule has 1 atom stereocenters. The van der Waals surface area contributed by atoms with Crippen LogP contribution in [0.2, 0.25) is 0 Å². The summed E-state index contributed by atoms with van der Waals surface area (Å²) in [6, 6.07) is 12.8. The topological polar surface area (TPSA) is 61.8 Å². The van der Waals surface area contributed by atoms with Crippen LogP contribution in [0.5, 0.6) is 5.75 Å². The van der Waals surface area contributed by atoms with E-state index in [9.17, 15) is 9.90 Å². The minimum Gasteiger partial charge on any atom is -0.508 e. The number of ether oxygens (including phenoxy) is 1. The summed E-state index contributed by atoms with van der Waals surface area (Å²) in [6.07, 6.45) is -0.226. The molecule has 0 saturated carbocycles. The third-order valence-corrected chi connectivity index (χ3v) is 4.22. The number of nitrogens with one attached hydrogen (secondary N) is 1. The Kier molecular flexibility index (Phi) is 4.71. The summed E-state index contributed by atoms with van der Waals surface area (Å²) in [5.74, 6) is 0.202. The summed E-state index contributed by atoms with van der Waals surface area (Å²) in [7, 11) is 0. The van der Waals surface area contributed by atoms with Gasteiger partial charge < -0.3 is 20.1 Å². The fourth-order valence-electron chi connectivity index (χ4n) is 2.91. The number of rotatable bonds is 2. The lowest BCUT2D eigenvalue weighted by atomic mass is 10.1. The van der Waals surface area contributed by atoms with Crippen LogP contribution >= 0.6 is 0 Å². The zero-order chi connectivity index (χ0) is 17.1. The molecule has 0 aliphatic carbocycles. The van der Waals surface area contributed by atoms with E-state index in [2.05, 4.69) is 5.32 Å². The van der Waals surface area contributed by atoms with E-state index in [0.29, 0.717) is 19.7 Å². The van der Waals surface area contributed by atoms with Gasteiger partial charge in [0, 0.05) is 12.2 Å². The van der Waals surface area contributed by atoms with Gasteiger partial charge in [0.1, 0.15) is 11.9 Å². The number of benzene rings is 2. The molecule has 1 saturated heterocycles. The molecule has 1 heterocycles. The fourth-order valence-corrected chi connectivity index (χ4v) is 2.91. The summed E-state index contributed by atoms with van der Waals surface area (Å²) in [4.78, 5) is 14.3. The van der Waals surface area contributed by atoms with Crippen LogP contribution in [0, 0.1) is 13.8 Å². The number of hydrogen-bond donors (Lipinski definition) is 2. The first kappa shape index (κ1) is 16.3. The van der Waals surface area contributed by atoms with Gasteiger partial charge in [-0.05, 0) is 43.2 Å². The van der Waals surface area contributed by atoms with E-state index in [1.165, 1.54) is 5.56 Å². The zero-order valence-electron chi connectivity index (χ0n) is 14.0. The number of hydrogen-bond acceptors (Lipinski definition) is 3. The molecule has 0 unspecified atom stereocenters. The monoisotopic (exact) mass is 326 g/mol. The zero-order valence-corrected chi connectivity index (χ0v) is 14.0. The van der Waals surface area contributed by atoms with Crippen molar-refractivity contribution < 1.29 is 14.6 Å². The number of amides is 2. The largest absolute Gasteiger partial charge is 0.508 e. The van der Waals surface area contributed by atoms with Crippen molar-refractivity contribution in [2.24, 2.45) is 0 Å². The Bertz CT molecular complexity index is 745. The predicted octanol–water partition coefficient (Wildman–Crippen LogP) is 3.61. The smallest absolute Gasteiger partial charge is 0.322 e. The van der Waals surface area contributed by atoms with E-state index < -0.39 is 0 Å². The van der Waals surface area contributed by atoms with E-state index in [1.807, 2.05) is 38.1 Å². The van der Waals surface area contributed by atoms with Crippen LogP contribution in [0.3, 0.4) is 0 Å². The summed E-state index contributed by atoms with van der Waals surface area (Å²) in [6.45, 7) is 5.49. The van der Waals surface area contributed by atoms with Crippen molar-refractivity contribution in [1.29, 1.82) is 0 Å². The molecule has 1 aliphatic rings. The maximum Gasteiger partial charge on any atom is 0.322 e. The lowest BCUT2D eigenvalue weighted by Crippen LogP contribution is -2.44. The van der Waals surface area contributed by atoms with Crippen molar-refractivity contribution >= 4 is 11.7 Å². The summed E-state index contributed by atoms with van der Waals surface area (Å²) >= 11 is 0. The molecule has 0 radical (unpaired) electrons. The van der Waals surface area contributed by atoms with Crippen molar-refractivity contribution in [3.8, 4) is 5.75 Å². The molecule has 0 bridgehead atoms. The minimum atomic E-state index is -0.226. The number of aromatic hydroxyl groups is 1. The molecule has 2 amide bonds. The van der Waals surface area contributed by atoms with Crippen LogP contribution in [-0.4, -0.2) is 35.7 Å². The predicted molar refractivity (Wildman–Crippen MR) is 93.3 cm³/mol. The van der Waals surface area contributed by atoms with Crippen LogP contribution in [0.15, 0.2) is 42.5 Å². The second kappa shape index (κ2) is 6.93. The molecule has 1 aliphatic heterocycles. The fraction of sp³-hybridized carbons (Fsp3) is 0.316. The Balaban J connectivity index is 1.69. The van der Waals surface area contributed by atoms with Gasteiger partial charge >= 0.3 is 6.03 Å². The van der Waals surface area contributed by atoms with Crippen molar-refractivity contribution in [3.63, 3.8) is 0 Å². The van der Waals surface area contributed by atoms with Gasteiger partial charge in [-0.3, -0.25) is 0 Å². The molecule has 2 aromatic carbocycles. The van der Waals surface area contributed by atoms with Crippen molar-refractivity contribution in [2.75, 3.05) is 25.0 Å². The van der Waals surface area contributed by atoms with Gasteiger partial charge in [-0.15, -0.1) is 0 Å². The average molecular weight is 326 g/mol. The Hall–Kier alpha value is -2.53. The number of anilines is 1. The van der Waals surface area contributed by atoms with Gasteiger partial charge in [0.2, 0.25) is 0 Å². The molecular weight excluding hydrogens is 304 g/mol. The van der Waals surface area contributed by atoms with Gasteiger partial charge in [-0.25, -0.2) is 4.79 Å². The first-order chi connectivity index (χ1) is 11.5. The Morgan fingerprint density at radius 1 is 1.25 bits per heavy atom. The normalized spacial score (nSPS) is 17.6. The molecule has 126 valence electrons. The van der Waals surface area contributed by atoms with E-state index in [0.717, 1.165) is 16.8 Å². The molecule has 2 N–H and O–H groups in total. The van der Waals surface area contributed by atoms with E-state index in [-0.39, 0.29) is 17.9 Å². The molecule has 1 fully saturated rings. The third-order valence-electron chi connectivity index (χ3n) is 4.22. The van der Waals surface area contributed by atoms with E-state index in [1.54, 1.807) is 23.1 Å². The van der Waals surface area contributed by atoms with Crippen molar-refractivity contribution in [2.45, 2.75) is 20.0 Å². The number of carbonyl (C=O) groups is 1. The van der Waals surface area contributed by atoms with Gasteiger partial charge in [-0.2, -0.15) is 0 Å². The van der Waals surface area contributed by atoms with E-state index in [4.69, 9.17) is 4.74 Å². The number of phenolic OH excluding ortho intramolecular Hbond substituents is 1. The number of morpholine rings is 1. The SMILES string of the molecule is Cc1ccc(NC(=O)N2CCO[C@H](c3cccc(O)c3)C2)c(C)c1. The standard InChI is InChI=1S/C19H22N2O3/c1-13-6-7-17(14(2)10-13)20-19(23)21-8-9-24-18(12-21)15-4-3-5-16(22)11-15/h3-7,10-11,18,22H,8-9,12H2,1-2H3,(H,20,23)/t18-/m0/s1. The van der Waals surface area contributed by atoms with Crippen LogP contribution < -0.4 is 5.32 Å². The molecule has 5 heteroatoms. The summed E-state index contributed by atoms with van der Waals surface area (Å²) in [5, 5.41) is 12.6. The molecule has 3 rings (SSSR count). The maximum absolute atomic E-state index is 12.6. The molecule has 5 nitrogen and oxygen atoms in total. The number of urea groups is 1. The van der Waals surface area contributed by atoms with Crippen molar-refractivity contribution in [1.82, 2.24) is 4.90 Å². The number of phenols is 1. The van der Waals surface area contributed by atoms with Crippen LogP contribution in [0.25, 0.3) is 0 Å². The maximum atomic E-state index is 12.6. The average Bonchev–Trinajstić information content (AvgIpc) is 2.57. The van der Waals surface area contributed by atoms with Crippen LogP contribution in [0.4, 0.5) is 10.5 Å². The van der Waals surface area contributed by atoms with Gasteiger partial charge in [-0.1, -0.05) is 29.8 Å². The van der Waals surface area contributed by atoms with Crippen molar-refractivity contribution in [3.05, 3.63) is 59.2 Å². The second-order valence-corrected chi connectivity index (χ2v) is 6.15. The molecule has 2 aromatic rings. The number of aryl methyl sites for hydroxylation is 2. The van der Waals surface area contributed by atoms with E-state index >= 15 is 0 Å². The lowest BCUT2D eigenvalue weighted by molar-refractivity contribution is -0.0135. The molecule has 0 spiro atoms. The van der Waals surface area contributed by atoms with Gasteiger partial charge in [0.25, 0.3) is 0 Å². The first-order valence-electron chi connectivity index (χ1n) is 8.06. The van der Waals surface area contributed by atoms with Crippen LogP contribution in [0.1, 0.15) is 22.8 Å². The highest BCUT2D eigenvalue weighted by Gasteiger charge is 2.25. The number of nitrogens with zero attached hydrogens (tertiary/aromatic N) is 1. The summed E-state index contributed by atoms with van der Waals surface area (Å²) in [5.41, 5.74) is 3.91. The quantitative estimate of drug-likeness (QED) is 0.886. The highest BCUT2D eigenvalue weighted by Crippen LogP contribution is 2.25. The third kappa shape index (κ3) is 3.68. The van der Waals surface area contributed by atoms with Gasteiger partial charge in [0.15, 0.2) is 0 Å². The van der Waals surface area contributed by atoms with Crippen LogP contribution in [-0.2, 0) is 4.74 Å². The van der Waals surface area contributed by atoms with Gasteiger partial charge in [0.05, 0.1) is 13.2 Å². The highest BCUT2D eigenvalue weighted by atomic mass is 16.5. The number of carbonyl (C=O) groups excluding carboxylic acids is 1. The highest BCUT2D eigenvalue weighted by molar-refractivity contribution is 5.90. The Morgan fingerprint density at radius 2 is 2.08 bits per heavy atom. The minimum absolute atomic E-state index is 0.129. The second-order valence-electron chi connectivity index (χ2n) is 6.15. The summed E-state index contributed by atoms with van der Waals surface area (Å²) < 4.78 is 5.76. The first-order valence-corrected chi connectivity index (χ1v) is 8.06. The Labute approximate surface area is 141 Å². The molecule has 24 heavy (non-hydrogen) atoms. The molecule has 0 aromatic heterocycles. The Morgan fingerprint density at radius 3 is 2.83 bits per heavy atom.